The van der Waals surface area contributed by atoms with Gasteiger partial charge >= 0.3 is 6.03 Å². The van der Waals surface area contributed by atoms with Crippen LogP contribution in [-0.4, -0.2) is 59.5 Å². The van der Waals surface area contributed by atoms with E-state index < -0.39 is 0 Å². The van der Waals surface area contributed by atoms with Gasteiger partial charge in [-0.05, 0) is 49.1 Å². The maximum atomic E-state index is 12.4. The molecular formula is C22H30N4O2. The average Bonchev–Trinajstić information content (AvgIpc) is 3.50. The van der Waals surface area contributed by atoms with Gasteiger partial charge in [0.05, 0.1) is 0 Å². The highest BCUT2D eigenvalue weighted by molar-refractivity contribution is 5.81. The number of likely N-dealkylation sites (tertiary alicyclic amines) is 1. The molecule has 1 aliphatic carbocycles. The molecule has 4 rings (SSSR count). The van der Waals surface area contributed by atoms with Gasteiger partial charge in [-0.2, -0.15) is 0 Å². The Kier molecular flexibility index (Phi) is 5.55. The molecule has 2 aromatic rings. The van der Waals surface area contributed by atoms with Gasteiger partial charge in [-0.15, -0.1) is 0 Å². The minimum atomic E-state index is -0.0204. The van der Waals surface area contributed by atoms with Crippen molar-refractivity contribution >= 4 is 22.8 Å². The second-order valence-corrected chi connectivity index (χ2v) is 8.22. The molecule has 1 saturated carbocycles. The van der Waals surface area contributed by atoms with Gasteiger partial charge in [0, 0.05) is 57.4 Å². The maximum absolute atomic E-state index is 12.4. The normalized spacial score (nSPS) is 17.7. The molecule has 1 aromatic heterocycles. The van der Waals surface area contributed by atoms with Crippen molar-refractivity contribution in [2.45, 2.75) is 32.2 Å². The van der Waals surface area contributed by atoms with E-state index in [0.717, 1.165) is 45.3 Å². The summed E-state index contributed by atoms with van der Waals surface area (Å²) in [6.07, 6.45) is 6.18. The zero-order valence-corrected chi connectivity index (χ0v) is 16.6. The Balaban J connectivity index is 1.18. The number of carbonyl (C=O) groups excluding carboxylic acids is 2. The van der Waals surface area contributed by atoms with Gasteiger partial charge < -0.3 is 19.7 Å². The number of amides is 3. The number of hydrogen-bond donors (Lipinski definition) is 1. The number of aromatic nitrogens is 1. The fraction of sp³-hybridized carbons (Fsp3) is 0.545. The fourth-order valence-corrected chi connectivity index (χ4v) is 4.01. The van der Waals surface area contributed by atoms with Crippen molar-refractivity contribution in [1.29, 1.82) is 0 Å². The number of benzene rings is 1. The van der Waals surface area contributed by atoms with Crippen LogP contribution in [-0.2, 0) is 11.3 Å². The smallest absolute Gasteiger partial charge is 0.317 e. The van der Waals surface area contributed by atoms with Crippen molar-refractivity contribution < 1.29 is 9.59 Å². The van der Waals surface area contributed by atoms with Crippen LogP contribution in [0.5, 0.6) is 0 Å². The van der Waals surface area contributed by atoms with Crippen LogP contribution in [0.25, 0.3) is 10.9 Å². The first-order valence-electron chi connectivity index (χ1n) is 10.4. The van der Waals surface area contributed by atoms with Gasteiger partial charge in [-0.1, -0.05) is 18.2 Å². The van der Waals surface area contributed by atoms with Crippen LogP contribution < -0.4 is 5.32 Å². The van der Waals surface area contributed by atoms with Gasteiger partial charge in [-0.25, -0.2) is 4.79 Å². The Morgan fingerprint density at radius 2 is 1.86 bits per heavy atom. The van der Waals surface area contributed by atoms with Crippen LogP contribution in [0.4, 0.5) is 4.79 Å². The predicted octanol–water partition coefficient (Wildman–Crippen LogP) is 2.93. The number of para-hydroxylation sites is 1. The number of nitrogens with one attached hydrogen (secondary N) is 1. The molecule has 6 nitrogen and oxygen atoms in total. The van der Waals surface area contributed by atoms with Crippen LogP contribution in [0, 0.1) is 11.8 Å². The molecule has 1 N–H and O–H groups in total. The monoisotopic (exact) mass is 382 g/mol. The van der Waals surface area contributed by atoms with E-state index in [9.17, 15) is 9.59 Å². The minimum absolute atomic E-state index is 0.0204. The van der Waals surface area contributed by atoms with E-state index >= 15 is 0 Å². The Hall–Kier alpha value is -2.50. The lowest BCUT2D eigenvalue weighted by Crippen LogP contribution is -2.44. The maximum Gasteiger partial charge on any atom is 0.317 e. The lowest BCUT2D eigenvalue weighted by Gasteiger charge is -2.32. The third-order valence-electron chi connectivity index (χ3n) is 6.10. The molecule has 150 valence electrons. The van der Waals surface area contributed by atoms with E-state index in [4.69, 9.17) is 0 Å². The number of likely N-dealkylation sites (N-methyl/N-ethyl adjacent to an activating group) is 1. The summed E-state index contributed by atoms with van der Waals surface area (Å²) >= 11 is 0. The number of rotatable bonds is 6. The van der Waals surface area contributed by atoms with Crippen molar-refractivity contribution in [1.82, 2.24) is 19.7 Å². The van der Waals surface area contributed by atoms with Crippen molar-refractivity contribution in [3.63, 3.8) is 0 Å². The van der Waals surface area contributed by atoms with Gasteiger partial charge in [0.2, 0.25) is 5.91 Å². The second kappa shape index (κ2) is 8.25. The van der Waals surface area contributed by atoms with Gasteiger partial charge in [0.1, 0.15) is 0 Å². The number of fused-ring (bicyclic) bond motifs is 1. The molecule has 0 atom stereocenters. The number of nitrogens with zero attached hydrogens (tertiary/aromatic N) is 3. The Morgan fingerprint density at radius 3 is 2.61 bits per heavy atom. The number of piperidine rings is 1. The molecule has 1 aromatic carbocycles. The van der Waals surface area contributed by atoms with Gasteiger partial charge in [0.15, 0.2) is 0 Å². The highest BCUT2D eigenvalue weighted by Crippen LogP contribution is 2.32. The summed E-state index contributed by atoms with van der Waals surface area (Å²) in [4.78, 5) is 28.3. The predicted molar refractivity (Wildman–Crippen MR) is 110 cm³/mol. The molecule has 0 bridgehead atoms. The highest BCUT2D eigenvalue weighted by atomic mass is 16.2. The summed E-state index contributed by atoms with van der Waals surface area (Å²) < 4.78 is 2.19. The zero-order chi connectivity index (χ0) is 19.5. The Morgan fingerprint density at radius 1 is 1.11 bits per heavy atom. The molecule has 2 aliphatic rings. The van der Waals surface area contributed by atoms with Crippen LogP contribution in [0.1, 0.15) is 25.7 Å². The molecular weight excluding hydrogens is 352 g/mol. The van der Waals surface area contributed by atoms with Crippen molar-refractivity contribution in [2.24, 2.45) is 11.8 Å². The first-order chi connectivity index (χ1) is 13.6. The van der Waals surface area contributed by atoms with E-state index in [1.165, 1.54) is 10.9 Å². The van der Waals surface area contributed by atoms with E-state index in [2.05, 4.69) is 34.3 Å². The highest BCUT2D eigenvalue weighted by Gasteiger charge is 2.34. The standard InChI is InChI=1S/C22H30N4O2/c1-24(14-15-25-13-10-18-4-2-3-5-20(18)25)22(28)23-16-17-8-11-26(12-9-17)21(27)19-6-7-19/h2-5,10,13,17,19H,6-9,11-12,14-16H2,1H3,(H,23,28). The fourth-order valence-electron chi connectivity index (χ4n) is 4.01. The quantitative estimate of drug-likeness (QED) is 0.835. The summed E-state index contributed by atoms with van der Waals surface area (Å²) in [5, 5.41) is 4.30. The molecule has 0 spiro atoms. The Bertz CT molecular complexity index is 834. The van der Waals surface area contributed by atoms with Crippen molar-refractivity contribution in [2.75, 3.05) is 33.2 Å². The molecule has 2 fully saturated rings. The molecule has 6 heteroatoms. The second-order valence-electron chi connectivity index (χ2n) is 8.22. The largest absolute Gasteiger partial charge is 0.346 e. The number of carbonyl (C=O) groups is 2. The molecule has 1 saturated heterocycles. The van der Waals surface area contributed by atoms with Crippen LogP contribution >= 0.6 is 0 Å². The average molecular weight is 383 g/mol. The minimum Gasteiger partial charge on any atom is -0.346 e. The number of hydrogen-bond acceptors (Lipinski definition) is 2. The zero-order valence-electron chi connectivity index (χ0n) is 16.6. The Labute approximate surface area is 166 Å². The summed E-state index contributed by atoms with van der Waals surface area (Å²) in [7, 11) is 1.85. The van der Waals surface area contributed by atoms with Crippen LogP contribution in [0.2, 0.25) is 0 Å². The van der Waals surface area contributed by atoms with E-state index in [1.807, 2.05) is 24.1 Å². The first kappa shape index (κ1) is 18.8. The molecule has 0 radical (unpaired) electrons. The van der Waals surface area contributed by atoms with Gasteiger partial charge in [0.25, 0.3) is 0 Å². The van der Waals surface area contributed by atoms with E-state index in [-0.39, 0.29) is 6.03 Å². The molecule has 2 heterocycles. The molecule has 3 amide bonds. The van der Waals surface area contributed by atoms with Crippen LogP contribution in [0.3, 0.4) is 0 Å². The topological polar surface area (TPSA) is 57.6 Å². The molecule has 1 aliphatic heterocycles. The van der Waals surface area contributed by atoms with Crippen LogP contribution in [0.15, 0.2) is 36.5 Å². The lowest BCUT2D eigenvalue weighted by molar-refractivity contribution is -0.133. The third kappa shape index (κ3) is 4.32. The lowest BCUT2D eigenvalue weighted by atomic mass is 9.96. The summed E-state index contributed by atoms with van der Waals surface area (Å²) in [5.41, 5.74) is 1.20. The van der Waals surface area contributed by atoms with Gasteiger partial charge in [-0.3, -0.25) is 4.79 Å². The van der Waals surface area contributed by atoms with E-state index in [1.54, 1.807) is 4.90 Å². The van der Waals surface area contributed by atoms with Crippen molar-refractivity contribution in [3.8, 4) is 0 Å². The van der Waals surface area contributed by atoms with Crippen molar-refractivity contribution in [3.05, 3.63) is 36.5 Å². The molecule has 0 unspecified atom stereocenters. The summed E-state index contributed by atoms with van der Waals surface area (Å²) in [6, 6.07) is 10.4. The number of urea groups is 1. The summed E-state index contributed by atoms with van der Waals surface area (Å²) in [6.45, 7) is 3.82. The van der Waals surface area contributed by atoms with E-state index in [0.29, 0.717) is 30.8 Å². The molecule has 28 heavy (non-hydrogen) atoms. The summed E-state index contributed by atoms with van der Waals surface area (Å²) in [5.74, 6) is 1.12. The first-order valence-corrected chi connectivity index (χ1v) is 10.4. The third-order valence-corrected chi connectivity index (χ3v) is 6.10. The SMILES string of the molecule is CN(CCn1ccc2ccccc21)C(=O)NCC1CCN(C(=O)C2CC2)CC1.